The summed E-state index contributed by atoms with van der Waals surface area (Å²) in [6, 6.07) is 72.3. The molecule has 258 valence electrons. The minimum atomic E-state index is -0.0602. The summed E-state index contributed by atoms with van der Waals surface area (Å²) in [7, 11) is 0. The summed E-state index contributed by atoms with van der Waals surface area (Å²) >= 11 is 0. The molecule has 0 atom stereocenters. The third-order valence-corrected chi connectivity index (χ3v) is 12.3. The number of hydrogen-bond donors (Lipinski definition) is 0. The molecule has 0 saturated heterocycles. The van der Waals surface area contributed by atoms with Gasteiger partial charge in [0, 0.05) is 5.41 Å². The number of fused-ring (bicyclic) bond motifs is 7. The van der Waals surface area contributed by atoms with Crippen molar-refractivity contribution in [3.05, 3.63) is 205 Å². The van der Waals surface area contributed by atoms with Crippen LogP contribution in [0, 0.1) is 0 Å². The highest BCUT2D eigenvalue weighted by Crippen LogP contribution is 2.51. The Morgan fingerprint density at radius 2 is 0.800 bits per heavy atom. The zero-order valence-corrected chi connectivity index (χ0v) is 31.0. The van der Waals surface area contributed by atoms with Gasteiger partial charge in [0.2, 0.25) is 0 Å². The molecule has 0 fully saturated rings. The van der Waals surface area contributed by atoms with Crippen molar-refractivity contribution in [2.24, 2.45) is 0 Å². The zero-order chi connectivity index (χ0) is 36.7. The van der Waals surface area contributed by atoms with Gasteiger partial charge in [0.05, 0.1) is 0 Å². The molecule has 55 heavy (non-hydrogen) atoms. The van der Waals surface area contributed by atoms with Crippen LogP contribution in [0.5, 0.6) is 0 Å². The van der Waals surface area contributed by atoms with E-state index in [1.807, 2.05) is 0 Å². The van der Waals surface area contributed by atoms with E-state index in [2.05, 4.69) is 208 Å². The van der Waals surface area contributed by atoms with Gasteiger partial charge >= 0.3 is 0 Å². The van der Waals surface area contributed by atoms with Gasteiger partial charge in [-0.3, -0.25) is 0 Å². The van der Waals surface area contributed by atoms with Crippen molar-refractivity contribution in [2.75, 3.05) is 0 Å². The average molecular weight is 699 g/mol. The monoisotopic (exact) mass is 698 g/mol. The molecule has 11 rings (SSSR count). The first kappa shape index (κ1) is 31.7. The molecule has 0 amide bonds. The fraction of sp³-hybridized carbons (Fsp3) is 0.0545. The summed E-state index contributed by atoms with van der Waals surface area (Å²) in [4.78, 5) is 0. The molecule has 0 bridgehead atoms. The number of rotatable bonds is 4. The molecule has 0 aromatic heterocycles. The van der Waals surface area contributed by atoms with E-state index < -0.39 is 0 Å². The molecule has 0 saturated carbocycles. The summed E-state index contributed by atoms with van der Waals surface area (Å²) in [5, 5.41) is 10.1. The van der Waals surface area contributed by atoms with Crippen molar-refractivity contribution in [1.29, 1.82) is 0 Å². The topological polar surface area (TPSA) is 0 Å². The van der Waals surface area contributed by atoms with Crippen molar-refractivity contribution in [3.8, 4) is 55.6 Å². The fourth-order valence-corrected chi connectivity index (χ4v) is 9.48. The average Bonchev–Trinajstić information content (AvgIpc) is 3.47. The summed E-state index contributed by atoms with van der Waals surface area (Å²) in [5.74, 6) is 0. The van der Waals surface area contributed by atoms with E-state index in [-0.39, 0.29) is 5.41 Å². The molecule has 1 aliphatic carbocycles. The van der Waals surface area contributed by atoms with E-state index in [0.29, 0.717) is 0 Å². The highest BCUT2D eigenvalue weighted by Gasteiger charge is 2.35. The Hall–Kier alpha value is -6.76. The van der Waals surface area contributed by atoms with Gasteiger partial charge in [0.15, 0.2) is 0 Å². The molecular formula is C55H38. The van der Waals surface area contributed by atoms with Gasteiger partial charge < -0.3 is 0 Å². The van der Waals surface area contributed by atoms with Crippen LogP contribution in [0.4, 0.5) is 0 Å². The van der Waals surface area contributed by atoms with Gasteiger partial charge in [-0.2, -0.15) is 0 Å². The molecule has 10 aromatic rings. The quantitative estimate of drug-likeness (QED) is 0.161. The maximum Gasteiger partial charge on any atom is 0.0159 e. The first-order valence-electron chi connectivity index (χ1n) is 19.3. The Morgan fingerprint density at radius 1 is 0.273 bits per heavy atom. The second-order valence-corrected chi connectivity index (χ2v) is 15.7. The molecule has 0 unspecified atom stereocenters. The van der Waals surface area contributed by atoms with Crippen LogP contribution in [0.3, 0.4) is 0 Å². The first-order chi connectivity index (χ1) is 27.0. The highest BCUT2D eigenvalue weighted by molar-refractivity contribution is 6.24. The highest BCUT2D eigenvalue weighted by atomic mass is 14.4. The van der Waals surface area contributed by atoms with E-state index in [1.165, 1.54) is 110 Å². The fourth-order valence-electron chi connectivity index (χ4n) is 9.48. The van der Waals surface area contributed by atoms with E-state index in [1.54, 1.807) is 0 Å². The molecule has 0 aliphatic heterocycles. The Morgan fingerprint density at radius 3 is 1.64 bits per heavy atom. The normalized spacial score (nSPS) is 13.1. The molecule has 0 spiro atoms. The summed E-state index contributed by atoms with van der Waals surface area (Å²) in [5.41, 5.74) is 15.4. The van der Waals surface area contributed by atoms with Gasteiger partial charge in [-0.1, -0.05) is 190 Å². The summed E-state index contributed by atoms with van der Waals surface area (Å²) < 4.78 is 0. The van der Waals surface area contributed by atoms with E-state index in [4.69, 9.17) is 0 Å². The van der Waals surface area contributed by atoms with Crippen molar-refractivity contribution in [2.45, 2.75) is 19.3 Å². The largest absolute Gasteiger partial charge is 0.0619 e. The van der Waals surface area contributed by atoms with Crippen LogP contribution in [0.2, 0.25) is 0 Å². The lowest BCUT2D eigenvalue weighted by Gasteiger charge is -2.22. The van der Waals surface area contributed by atoms with Crippen molar-refractivity contribution in [1.82, 2.24) is 0 Å². The predicted octanol–water partition coefficient (Wildman–Crippen LogP) is 15.3. The van der Waals surface area contributed by atoms with E-state index >= 15 is 0 Å². The van der Waals surface area contributed by atoms with Crippen LogP contribution in [0.25, 0.3) is 98.7 Å². The second-order valence-electron chi connectivity index (χ2n) is 15.7. The molecule has 10 aromatic carbocycles. The van der Waals surface area contributed by atoms with E-state index in [0.717, 1.165) is 0 Å². The second kappa shape index (κ2) is 12.1. The van der Waals surface area contributed by atoms with Crippen molar-refractivity contribution >= 4 is 43.1 Å². The lowest BCUT2D eigenvalue weighted by atomic mass is 9.81. The van der Waals surface area contributed by atoms with E-state index in [9.17, 15) is 0 Å². The van der Waals surface area contributed by atoms with Crippen molar-refractivity contribution in [3.63, 3.8) is 0 Å². The van der Waals surface area contributed by atoms with Gasteiger partial charge in [0.1, 0.15) is 0 Å². The maximum atomic E-state index is 2.46. The molecule has 0 N–H and O–H groups in total. The number of hydrogen-bond acceptors (Lipinski definition) is 0. The van der Waals surface area contributed by atoms with Crippen LogP contribution in [-0.2, 0) is 5.41 Å². The van der Waals surface area contributed by atoms with Gasteiger partial charge in [0.25, 0.3) is 0 Å². The van der Waals surface area contributed by atoms with Crippen molar-refractivity contribution < 1.29 is 0 Å². The maximum absolute atomic E-state index is 2.46. The zero-order valence-electron chi connectivity index (χ0n) is 31.0. The minimum Gasteiger partial charge on any atom is -0.0619 e. The van der Waals surface area contributed by atoms with Crippen LogP contribution in [0.1, 0.15) is 25.0 Å². The molecular weight excluding hydrogens is 661 g/mol. The van der Waals surface area contributed by atoms with Crippen LogP contribution in [-0.4, -0.2) is 0 Å². The van der Waals surface area contributed by atoms with Gasteiger partial charge in [-0.05, 0) is 128 Å². The van der Waals surface area contributed by atoms with Crippen LogP contribution < -0.4 is 0 Å². The molecule has 0 heterocycles. The Balaban J connectivity index is 1.15. The Bertz CT molecular complexity index is 3150. The smallest absolute Gasteiger partial charge is 0.0159 e. The standard InChI is InChI=1S/C55H38/c1-55(2)51-21-10-9-17-44(51)45-30-28-42(34-52(45)55)41-29-31-49-50(33-41)54(46-20-11-15-37-13-5-6-16-43(37)46)48-19-8-7-18-47(48)53(49)38-25-22-36(23-26-38)40-27-24-35-12-3-4-14-39(35)32-40/h3-34H,1-2H3. The third kappa shape index (κ3) is 4.92. The van der Waals surface area contributed by atoms with Gasteiger partial charge in [-0.15, -0.1) is 0 Å². The molecule has 0 heteroatoms. The molecule has 0 radical (unpaired) electrons. The molecule has 1 aliphatic rings. The van der Waals surface area contributed by atoms with Crippen LogP contribution in [0.15, 0.2) is 194 Å². The lowest BCUT2D eigenvalue weighted by molar-refractivity contribution is 0.660. The predicted molar refractivity (Wildman–Crippen MR) is 236 cm³/mol. The SMILES string of the molecule is CC1(C)c2ccccc2-c2ccc(-c3ccc4c(-c5ccc(-c6ccc7ccccc7c6)cc5)c5ccccc5c(-c5cccc6ccccc56)c4c3)cc21. The third-order valence-electron chi connectivity index (χ3n) is 12.3. The number of benzene rings is 10. The lowest BCUT2D eigenvalue weighted by Crippen LogP contribution is -2.14. The summed E-state index contributed by atoms with van der Waals surface area (Å²) in [6.07, 6.45) is 0. The Labute approximate surface area is 322 Å². The molecule has 0 nitrogen and oxygen atoms in total. The van der Waals surface area contributed by atoms with Crippen LogP contribution >= 0.6 is 0 Å². The first-order valence-corrected chi connectivity index (χ1v) is 19.3. The Kier molecular flexibility index (Phi) is 7.00. The summed E-state index contributed by atoms with van der Waals surface area (Å²) in [6.45, 7) is 4.73. The van der Waals surface area contributed by atoms with Gasteiger partial charge in [-0.25, -0.2) is 0 Å². The minimum absolute atomic E-state index is 0.0602.